The van der Waals surface area contributed by atoms with Crippen molar-refractivity contribution in [2.45, 2.75) is 31.8 Å². The molecule has 0 saturated carbocycles. The largest absolute Gasteiger partial charge is 0.353 e. The van der Waals surface area contributed by atoms with Gasteiger partial charge in [-0.15, -0.1) is 0 Å². The minimum absolute atomic E-state index is 0.119. The van der Waals surface area contributed by atoms with Gasteiger partial charge in [0.2, 0.25) is 5.91 Å². The van der Waals surface area contributed by atoms with Crippen LogP contribution in [0.2, 0.25) is 10.0 Å². The molecule has 2 unspecified atom stereocenters. The van der Waals surface area contributed by atoms with Crippen molar-refractivity contribution in [2.75, 3.05) is 20.1 Å². The highest BCUT2D eigenvalue weighted by Crippen LogP contribution is 2.24. The lowest BCUT2D eigenvalue weighted by Crippen LogP contribution is -2.48. The lowest BCUT2D eigenvalue weighted by Gasteiger charge is -2.25. The number of rotatable bonds is 5. The van der Waals surface area contributed by atoms with Gasteiger partial charge in [0.25, 0.3) is 5.91 Å². The number of carbonyl (C=O) groups is 2. The first-order chi connectivity index (χ1) is 10.9. The zero-order valence-corrected chi connectivity index (χ0v) is 14.7. The normalized spacial score (nSPS) is 18.8. The van der Waals surface area contributed by atoms with Crippen molar-refractivity contribution >= 4 is 35.0 Å². The van der Waals surface area contributed by atoms with Gasteiger partial charge in [-0.05, 0) is 45.0 Å². The van der Waals surface area contributed by atoms with E-state index in [9.17, 15) is 9.59 Å². The molecule has 1 aliphatic rings. The summed E-state index contributed by atoms with van der Waals surface area (Å²) >= 11 is 11.9. The number of benzene rings is 1. The van der Waals surface area contributed by atoms with Crippen LogP contribution in [0.5, 0.6) is 0 Å². The maximum absolute atomic E-state index is 12.7. The van der Waals surface area contributed by atoms with Crippen molar-refractivity contribution in [3.63, 3.8) is 0 Å². The van der Waals surface area contributed by atoms with E-state index in [0.717, 1.165) is 6.42 Å². The maximum atomic E-state index is 12.7. The number of nitrogens with zero attached hydrogens (tertiary/aromatic N) is 1. The van der Waals surface area contributed by atoms with Crippen molar-refractivity contribution in [3.05, 3.63) is 33.8 Å². The molecular weight excluding hydrogens is 337 g/mol. The minimum Gasteiger partial charge on any atom is -0.353 e. The third-order valence-electron chi connectivity index (χ3n) is 4.00. The molecule has 1 aliphatic heterocycles. The van der Waals surface area contributed by atoms with E-state index in [4.69, 9.17) is 23.2 Å². The first-order valence-corrected chi connectivity index (χ1v) is 8.40. The van der Waals surface area contributed by atoms with Crippen LogP contribution < -0.4 is 10.6 Å². The van der Waals surface area contributed by atoms with E-state index in [2.05, 4.69) is 10.6 Å². The highest BCUT2D eigenvalue weighted by Gasteiger charge is 2.34. The molecule has 0 bridgehead atoms. The van der Waals surface area contributed by atoms with Gasteiger partial charge in [0.15, 0.2) is 0 Å². The second-order valence-electron chi connectivity index (χ2n) is 5.75. The van der Waals surface area contributed by atoms with Gasteiger partial charge in [-0.2, -0.15) is 0 Å². The maximum Gasteiger partial charge on any atom is 0.254 e. The zero-order valence-electron chi connectivity index (χ0n) is 13.2. The second kappa shape index (κ2) is 7.99. The van der Waals surface area contributed by atoms with Gasteiger partial charge in [-0.3, -0.25) is 9.59 Å². The van der Waals surface area contributed by atoms with Crippen LogP contribution in [0.1, 0.15) is 30.1 Å². The Labute approximate surface area is 146 Å². The molecule has 1 aromatic carbocycles. The summed E-state index contributed by atoms with van der Waals surface area (Å²) in [6, 6.07) is 4.46. The Bertz CT molecular complexity index is 574. The number of halogens is 2. The lowest BCUT2D eigenvalue weighted by molar-refractivity contribution is -0.124. The van der Waals surface area contributed by atoms with Gasteiger partial charge < -0.3 is 15.5 Å². The Morgan fingerprint density at radius 2 is 1.96 bits per heavy atom. The van der Waals surface area contributed by atoms with Crippen molar-refractivity contribution in [1.29, 1.82) is 0 Å². The zero-order chi connectivity index (χ0) is 17.0. The highest BCUT2D eigenvalue weighted by molar-refractivity contribution is 6.35. The van der Waals surface area contributed by atoms with Gasteiger partial charge >= 0.3 is 0 Å². The minimum atomic E-state index is -0.440. The number of hydrogen-bond acceptors (Lipinski definition) is 3. The molecule has 1 aromatic rings. The molecule has 2 amide bonds. The van der Waals surface area contributed by atoms with Gasteiger partial charge in [-0.1, -0.05) is 23.2 Å². The van der Waals surface area contributed by atoms with Crippen molar-refractivity contribution < 1.29 is 9.59 Å². The SMILES string of the molecule is CNC(C)CNC(=O)C1CCCN1C(=O)c1cc(Cl)cc(Cl)c1. The average Bonchev–Trinajstić information content (AvgIpc) is 3.00. The molecule has 0 radical (unpaired) electrons. The van der Waals surface area contributed by atoms with E-state index >= 15 is 0 Å². The van der Waals surface area contributed by atoms with Crippen molar-refractivity contribution in [3.8, 4) is 0 Å². The van der Waals surface area contributed by atoms with Crippen molar-refractivity contribution in [1.82, 2.24) is 15.5 Å². The predicted octanol–water partition coefficient (Wildman–Crippen LogP) is 2.32. The summed E-state index contributed by atoms with van der Waals surface area (Å²) in [5, 5.41) is 6.76. The van der Waals surface area contributed by atoms with E-state index in [0.29, 0.717) is 35.1 Å². The highest BCUT2D eigenvalue weighted by atomic mass is 35.5. The number of likely N-dealkylation sites (N-methyl/N-ethyl adjacent to an activating group) is 1. The molecule has 1 heterocycles. The van der Waals surface area contributed by atoms with E-state index in [-0.39, 0.29) is 17.9 Å². The molecule has 1 saturated heterocycles. The molecular formula is C16H21Cl2N3O2. The molecule has 0 spiro atoms. The molecule has 7 heteroatoms. The van der Waals surface area contributed by atoms with Crippen LogP contribution >= 0.6 is 23.2 Å². The smallest absolute Gasteiger partial charge is 0.254 e. The topological polar surface area (TPSA) is 61.4 Å². The molecule has 0 aromatic heterocycles. The summed E-state index contributed by atoms with van der Waals surface area (Å²) in [6.45, 7) is 3.06. The van der Waals surface area contributed by atoms with Crippen LogP contribution in [0.4, 0.5) is 0 Å². The Morgan fingerprint density at radius 3 is 2.57 bits per heavy atom. The molecule has 2 N–H and O–H groups in total. The molecule has 5 nitrogen and oxygen atoms in total. The molecule has 1 fully saturated rings. The lowest BCUT2D eigenvalue weighted by atomic mass is 10.1. The van der Waals surface area contributed by atoms with Gasteiger partial charge in [0, 0.05) is 34.7 Å². The third kappa shape index (κ3) is 4.59. The predicted molar refractivity (Wildman–Crippen MR) is 92.1 cm³/mol. The summed E-state index contributed by atoms with van der Waals surface area (Å²) in [5.41, 5.74) is 0.408. The Hall–Kier alpha value is -1.30. The number of likely N-dealkylation sites (tertiary alicyclic amines) is 1. The summed E-state index contributed by atoms with van der Waals surface area (Å²) in [5.74, 6) is -0.334. The van der Waals surface area contributed by atoms with E-state index in [1.54, 1.807) is 23.1 Å². The molecule has 2 rings (SSSR count). The van der Waals surface area contributed by atoms with Crippen LogP contribution in [0, 0.1) is 0 Å². The summed E-state index contributed by atoms with van der Waals surface area (Å²) < 4.78 is 0. The summed E-state index contributed by atoms with van der Waals surface area (Å²) in [4.78, 5) is 26.6. The first-order valence-electron chi connectivity index (χ1n) is 7.64. The fourth-order valence-corrected chi connectivity index (χ4v) is 3.13. The van der Waals surface area contributed by atoms with Crippen LogP contribution in [0.15, 0.2) is 18.2 Å². The molecule has 23 heavy (non-hydrogen) atoms. The monoisotopic (exact) mass is 357 g/mol. The number of hydrogen-bond donors (Lipinski definition) is 2. The Balaban J connectivity index is 2.08. The van der Waals surface area contributed by atoms with Crippen molar-refractivity contribution in [2.24, 2.45) is 0 Å². The van der Waals surface area contributed by atoms with E-state index in [1.165, 1.54) is 0 Å². The summed E-state index contributed by atoms with van der Waals surface area (Å²) in [6.07, 6.45) is 1.47. The molecule has 126 valence electrons. The van der Waals surface area contributed by atoms with Crippen LogP contribution in [0.3, 0.4) is 0 Å². The Morgan fingerprint density at radius 1 is 1.30 bits per heavy atom. The fraction of sp³-hybridized carbons (Fsp3) is 0.500. The fourth-order valence-electron chi connectivity index (χ4n) is 2.60. The quantitative estimate of drug-likeness (QED) is 0.849. The summed E-state index contributed by atoms with van der Waals surface area (Å²) in [7, 11) is 1.84. The molecule has 0 aliphatic carbocycles. The van der Waals surface area contributed by atoms with Gasteiger partial charge in [0.1, 0.15) is 6.04 Å². The number of nitrogens with one attached hydrogen (secondary N) is 2. The van der Waals surface area contributed by atoms with Crippen LogP contribution in [0.25, 0.3) is 0 Å². The third-order valence-corrected chi connectivity index (χ3v) is 4.44. The van der Waals surface area contributed by atoms with Crippen LogP contribution in [-0.2, 0) is 4.79 Å². The second-order valence-corrected chi connectivity index (χ2v) is 6.62. The number of amides is 2. The first kappa shape index (κ1) is 18.0. The van der Waals surface area contributed by atoms with E-state index < -0.39 is 6.04 Å². The van der Waals surface area contributed by atoms with E-state index in [1.807, 2.05) is 14.0 Å². The van der Waals surface area contributed by atoms with Gasteiger partial charge in [-0.25, -0.2) is 0 Å². The van der Waals surface area contributed by atoms with Gasteiger partial charge in [0.05, 0.1) is 0 Å². The van der Waals surface area contributed by atoms with Crippen LogP contribution in [-0.4, -0.2) is 48.9 Å². The number of carbonyl (C=O) groups excluding carboxylic acids is 2. The standard InChI is InChI=1S/C16H21Cl2N3O2/c1-10(19-2)9-20-15(22)14-4-3-5-21(14)16(23)11-6-12(17)8-13(18)7-11/h6-8,10,14,19H,3-5,9H2,1-2H3,(H,20,22). The Kier molecular flexibility index (Phi) is 6.27. The average molecular weight is 358 g/mol. The molecule has 2 atom stereocenters.